The van der Waals surface area contributed by atoms with E-state index < -0.39 is 6.09 Å². The largest absolute Gasteiger partial charge is 0.447 e. The van der Waals surface area contributed by atoms with Crippen molar-refractivity contribution in [2.24, 2.45) is 0 Å². The summed E-state index contributed by atoms with van der Waals surface area (Å²) in [4.78, 5) is 26.6. The first-order chi connectivity index (χ1) is 16.8. The van der Waals surface area contributed by atoms with Crippen molar-refractivity contribution in [1.82, 2.24) is 9.47 Å². The van der Waals surface area contributed by atoms with Crippen molar-refractivity contribution in [3.8, 4) is 11.3 Å². The van der Waals surface area contributed by atoms with E-state index in [0.717, 1.165) is 35.0 Å². The summed E-state index contributed by atoms with van der Waals surface area (Å²) in [7, 11) is 3.41. The fraction of sp³-hybridized carbons (Fsp3) is 0.407. The molecular weight excluding hydrogens is 444 g/mol. The van der Waals surface area contributed by atoms with Gasteiger partial charge >= 0.3 is 6.09 Å². The van der Waals surface area contributed by atoms with Crippen LogP contribution in [0.3, 0.4) is 0 Å². The highest BCUT2D eigenvalue weighted by molar-refractivity contribution is 6.05. The zero-order valence-corrected chi connectivity index (χ0v) is 20.8. The molecule has 1 aromatic heterocycles. The van der Waals surface area contributed by atoms with Gasteiger partial charge in [0.25, 0.3) is 5.91 Å². The Hall–Kier alpha value is -3.52. The molecule has 0 radical (unpaired) electrons. The molecule has 0 aliphatic heterocycles. The third kappa shape index (κ3) is 5.12. The maximum absolute atomic E-state index is 13.0. The molecule has 35 heavy (non-hydrogen) atoms. The van der Waals surface area contributed by atoms with E-state index in [1.807, 2.05) is 42.5 Å². The number of methoxy groups -OCH3 is 1. The van der Waals surface area contributed by atoms with Crippen molar-refractivity contribution < 1.29 is 19.1 Å². The van der Waals surface area contributed by atoms with Gasteiger partial charge in [0.1, 0.15) is 0 Å². The highest BCUT2D eigenvalue weighted by Crippen LogP contribution is 2.44. The van der Waals surface area contributed by atoms with Crippen LogP contribution in [0.2, 0.25) is 0 Å². The second kappa shape index (κ2) is 10.4. The number of nitrogens with zero attached hydrogens (tertiary/aromatic N) is 2. The normalized spacial score (nSPS) is 13.6. The number of nitrogen functional groups attached to an aromatic ring is 1. The number of rotatable bonds is 8. The fourth-order valence-corrected chi connectivity index (χ4v) is 4.41. The summed E-state index contributed by atoms with van der Waals surface area (Å²) in [5.41, 5.74) is 11.5. The molecule has 1 aliphatic rings. The van der Waals surface area contributed by atoms with Crippen LogP contribution in [-0.4, -0.2) is 54.9 Å². The van der Waals surface area contributed by atoms with E-state index in [1.165, 1.54) is 6.42 Å². The molecule has 1 aliphatic carbocycles. The molecule has 2 amide bonds. The molecule has 1 saturated carbocycles. The number of carbonyl (C=O) groups excluding carboxylic acids is 2. The number of ether oxygens (including phenoxy) is 2. The van der Waals surface area contributed by atoms with Crippen LogP contribution in [0.4, 0.5) is 16.2 Å². The van der Waals surface area contributed by atoms with E-state index in [2.05, 4.69) is 9.88 Å². The van der Waals surface area contributed by atoms with Gasteiger partial charge in [-0.15, -0.1) is 0 Å². The molecule has 3 aromatic rings. The topological polar surface area (TPSA) is 98.8 Å². The van der Waals surface area contributed by atoms with Crippen molar-refractivity contribution in [2.75, 3.05) is 38.4 Å². The van der Waals surface area contributed by atoms with Crippen LogP contribution in [0.5, 0.6) is 0 Å². The quantitative estimate of drug-likeness (QED) is 0.458. The van der Waals surface area contributed by atoms with Gasteiger partial charge in [-0.05, 0) is 63.4 Å². The number of fused-ring (bicyclic) bond motifs is 1. The molecule has 0 unspecified atom stereocenters. The average Bonchev–Trinajstić information content (AvgIpc) is 3.07. The summed E-state index contributed by atoms with van der Waals surface area (Å²) in [6, 6.07) is 13.7. The lowest BCUT2D eigenvalue weighted by molar-refractivity contribution is 0.0744. The van der Waals surface area contributed by atoms with Gasteiger partial charge in [-0.3, -0.25) is 10.1 Å². The van der Waals surface area contributed by atoms with Crippen LogP contribution in [0, 0.1) is 0 Å². The fourth-order valence-electron chi connectivity index (χ4n) is 4.41. The molecule has 0 spiro atoms. The SMILES string of the molecule is COCCN(C)C(=O)c1ccc2c(N)c(-c3ccc(NC(=O)OC(C)C)cc3)n(C3CCC3)c2c1. The molecule has 1 fully saturated rings. The molecule has 0 bridgehead atoms. The third-order valence-corrected chi connectivity index (χ3v) is 6.46. The van der Waals surface area contributed by atoms with Crippen molar-refractivity contribution >= 4 is 34.3 Å². The average molecular weight is 479 g/mol. The van der Waals surface area contributed by atoms with Gasteiger partial charge in [0.2, 0.25) is 0 Å². The Morgan fingerprint density at radius 2 is 1.89 bits per heavy atom. The van der Waals surface area contributed by atoms with Crippen molar-refractivity contribution in [3.63, 3.8) is 0 Å². The Morgan fingerprint density at radius 1 is 1.17 bits per heavy atom. The zero-order chi connectivity index (χ0) is 25.1. The number of nitrogens with one attached hydrogen (secondary N) is 1. The Bertz CT molecular complexity index is 1210. The molecule has 1 heterocycles. The third-order valence-electron chi connectivity index (χ3n) is 6.46. The molecule has 2 aromatic carbocycles. The lowest BCUT2D eigenvalue weighted by Gasteiger charge is -2.30. The van der Waals surface area contributed by atoms with E-state index in [-0.39, 0.29) is 12.0 Å². The van der Waals surface area contributed by atoms with E-state index >= 15 is 0 Å². The first kappa shape index (κ1) is 24.6. The van der Waals surface area contributed by atoms with E-state index in [4.69, 9.17) is 15.2 Å². The second-order valence-electron chi connectivity index (χ2n) is 9.32. The Balaban J connectivity index is 1.71. The number of nitrogens with two attached hydrogens (primary N) is 1. The summed E-state index contributed by atoms with van der Waals surface area (Å²) in [5, 5.41) is 3.68. The lowest BCUT2D eigenvalue weighted by Crippen LogP contribution is -2.29. The van der Waals surface area contributed by atoms with Crippen LogP contribution in [-0.2, 0) is 9.47 Å². The molecule has 4 rings (SSSR count). The molecule has 0 saturated heterocycles. The molecular formula is C27H34N4O4. The van der Waals surface area contributed by atoms with E-state index in [9.17, 15) is 9.59 Å². The predicted molar refractivity (Wildman–Crippen MR) is 139 cm³/mol. The molecule has 0 atom stereocenters. The minimum atomic E-state index is -0.483. The molecule has 8 heteroatoms. The summed E-state index contributed by atoms with van der Waals surface area (Å²) in [5.74, 6) is -0.0471. The van der Waals surface area contributed by atoms with Gasteiger partial charge in [0, 0.05) is 48.9 Å². The Labute approximate surface area is 206 Å². The van der Waals surface area contributed by atoms with Crippen LogP contribution in [0.1, 0.15) is 49.5 Å². The maximum Gasteiger partial charge on any atom is 0.411 e. The van der Waals surface area contributed by atoms with Gasteiger partial charge in [-0.1, -0.05) is 12.1 Å². The number of anilines is 2. The van der Waals surface area contributed by atoms with Crippen LogP contribution < -0.4 is 11.1 Å². The smallest absolute Gasteiger partial charge is 0.411 e. The highest BCUT2D eigenvalue weighted by atomic mass is 16.6. The number of carbonyl (C=O) groups is 2. The van der Waals surface area contributed by atoms with Crippen molar-refractivity contribution in [3.05, 3.63) is 48.0 Å². The predicted octanol–water partition coefficient (Wildman–Crippen LogP) is 5.29. The first-order valence-corrected chi connectivity index (χ1v) is 12.1. The lowest BCUT2D eigenvalue weighted by atomic mass is 9.92. The monoisotopic (exact) mass is 478 g/mol. The standard InChI is InChI=1S/C27H34N4O4/c1-17(2)35-27(33)29-20-11-8-18(9-12-20)25-24(28)22-13-10-19(26(32)30(3)14-15-34-4)16-23(22)31(25)21-6-5-7-21/h8-13,16-17,21H,5-7,14-15,28H2,1-4H3,(H,29,33). The summed E-state index contributed by atoms with van der Waals surface area (Å²) in [6.07, 6.45) is 2.64. The van der Waals surface area contributed by atoms with E-state index in [0.29, 0.717) is 36.1 Å². The number of likely N-dealkylation sites (N-methyl/N-ethyl adjacent to an activating group) is 1. The van der Waals surface area contributed by atoms with Crippen molar-refractivity contribution in [2.45, 2.75) is 45.3 Å². The summed E-state index contributed by atoms with van der Waals surface area (Å²) < 4.78 is 12.6. The van der Waals surface area contributed by atoms with Gasteiger partial charge < -0.3 is 24.7 Å². The minimum Gasteiger partial charge on any atom is -0.447 e. The highest BCUT2D eigenvalue weighted by Gasteiger charge is 2.27. The summed E-state index contributed by atoms with van der Waals surface area (Å²) in [6.45, 7) is 4.62. The first-order valence-electron chi connectivity index (χ1n) is 12.1. The number of hydrogen-bond donors (Lipinski definition) is 2. The maximum atomic E-state index is 13.0. The Kier molecular flexibility index (Phi) is 7.31. The number of benzene rings is 2. The zero-order valence-electron chi connectivity index (χ0n) is 20.8. The molecule has 3 N–H and O–H groups in total. The minimum absolute atomic E-state index is 0.0471. The number of amides is 2. The number of hydrogen-bond acceptors (Lipinski definition) is 5. The van der Waals surface area contributed by atoms with Crippen molar-refractivity contribution in [1.29, 1.82) is 0 Å². The second-order valence-corrected chi connectivity index (χ2v) is 9.32. The van der Waals surface area contributed by atoms with Gasteiger partial charge in [-0.25, -0.2) is 4.79 Å². The van der Waals surface area contributed by atoms with Crippen LogP contribution in [0.15, 0.2) is 42.5 Å². The van der Waals surface area contributed by atoms with Gasteiger partial charge in [0.05, 0.1) is 29.6 Å². The van der Waals surface area contributed by atoms with Gasteiger partial charge in [-0.2, -0.15) is 0 Å². The van der Waals surface area contributed by atoms with Crippen LogP contribution >= 0.6 is 0 Å². The summed E-state index contributed by atoms with van der Waals surface area (Å²) >= 11 is 0. The molecule has 8 nitrogen and oxygen atoms in total. The van der Waals surface area contributed by atoms with Crippen LogP contribution in [0.25, 0.3) is 22.2 Å². The van der Waals surface area contributed by atoms with E-state index in [1.54, 1.807) is 32.9 Å². The number of aromatic nitrogens is 1. The Morgan fingerprint density at radius 3 is 2.49 bits per heavy atom. The van der Waals surface area contributed by atoms with Gasteiger partial charge in [0.15, 0.2) is 0 Å². The molecule has 186 valence electrons.